The van der Waals surface area contributed by atoms with Crippen molar-refractivity contribution in [1.29, 1.82) is 0 Å². The van der Waals surface area contributed by atoms with Gasteiger partial charge in [0.05, 0.1) is 44.9 Å². The summed E-state index contributed by atoms with van der Waals surface area (Å²) in [4.78, 5) is 8.54. The van der Waals surface area contributed by atoms with Gasteiger partial charge in [0, 0.05) is 13.2 Å². The van der Waals surface area contributed by atoms with Gasteiger partial charge in [-0.3, -0.25) is 4.98 Å². The third kappa shape index (κ3) is 7.58. The smallest absolute Gasteiger partial charge is 0.234 e. The minimum Gasteiger partial charge on any atom is -0.474 e. The van der Waals surface area contributed by atoms with E-state index in [1.807, 2.05) is 0 Å². The molecular weight excluding hydrogens is 298 g/mol. The molecule has 0 spiro atoms. The number of rotatable bonds is 11. The van der Waals surface area contributed by atoms with Crippen molar-refractivity contribution in [3.8, 4) is 5.88 Å². The Balaban J connectivity index is 1.60. The van der Waals surface area contributed by atoms with Crippen LogP contribution in [0, 0.1) is 0 Å². The summed E-state index contributed by atoms with van der Waals surface area (Å²) in [5.41, 5.74) is 0. The highest BCUT2D eigenvalue weighted by Gasteiger charge is 2.14. The van der Waals surface area contributed by atoms with Crippen molar-refractivity contribution in [2.75, 3.05) is 51.6 Å². The van der Waals surface area contributed by atoms with Crippen LogP contribution in [-0.4, -0.2) is 62.3 Å². The molecule has 0 saturated carbocycles. The summed E-state index contributed by atoms with van der Waals surface area (Å²) in [7, 11) is 0. The topological polar surface area (TPSA) is 74.7 Å². The zero-order chi connectivity index (χ0) is 16.2. The van der Waals surface area contributed by atoms with Crippen molar-refractivity contribution in [3.05, 3.63) is 12.4 Å². The quantitative estimate of drug-likeness (QED) is 0.623. The maximum atomic E-state index is 5.55. The molecule has 1 fully saturated rings. The highest BCUT2D eigenvalue weighted by atomic mass is 16.5. The van der Waals surface area contributed by atoms with Gasteiger partial charge < -0.3 is 24.3 Å². The number of nitrogens with zero attached hydrogens (tertiary/aromatic N) is 2. The standard InChI is InChI=1S/C16H27N3O4/c1-2-5-20-7-8-21-9-10-23-16-12-17-11-15(19-16)18-14-4-3-6-22-13-14/h11-12,14H,2-10,13H2,1H3,(H,18,19). The normalized spacial score (nSPS) is 17.9. The summed E-state index contributed by atoms with van der Waals surface area (Å²) in [5.74, 6) is 1.21. The summed E-state index contributed by atoms with van der Waals surface area (Å²) in [6.45, 7) is 6.57. The van der Waals surface area contributed by atoms with Crippen LogP contribution in [0.15, 0.2) is 12.4 Å². The van der Waals surface area contributed by atoms with Crippen LogP contribution in [0.1, 0.15) is 26.2 Å². The van der Waals surface area contributed by atoms with Gasteiger partial charge in [0.1, 0.15) is 12.4 Å². The minimum absolute atomic E-state index is 0.291. The summed E-state index contributed by atoms with van der Waals surface area (Å²) in [6.07, 6.45) is 6.48. The Hall–Kier alpha value is -1.44. The minimum atomic E-state index is 0.291. The van der Waals surface area contributed by atoms with Crippen molar-refractivity contribution < 1.29 is 18.9 Å². The molecular formula is C16H27N3O4. The third-order valence-electron chi connectivity index (χ3n) is 3.32. The highest BCUT2D eigenvalue weighted by molar-refractivity contribution is 5.34. The molecule has 1 unspecified atom stereocenters. The lowest BCUT2D eigenvalue weighted by molar-refractivity contribution is 0.0360. The average Bonchev–Trinajstić information content (AvgIpc) is 2.58. The van der Waals surface area contributed by atoms with Crippen molar-refractivity contribution in [3.63, 3.8) is 0 Å². The van der Waals surface area contributed by atoms with E-state index in [0.29, 0.717) is 50.8 Å². The van der Waals surface area contributed by atoms with Crippen molar-refractivity contribution in [2.45, 2.75) is 32.2 Å². The van der Waals surface area contributed by atoms with Gasteiger partial charge in [0.2, 0.25) is 5.88 Å². The SMILES string of the molecule is CCCOCCOCCOc1cncc(NC2CCCOC2)n1. The number of hydrogen-bond donors (Lipinski definition) is 1. The van der Waals surface area contributed by atoms with E-state index in [2.05, 4.69) is 22.2 Å². The Morgan fingerprint density at radius 1 is 1.17 bits per heavy atom. The van der Waals surface area contributed by atoms with E-state index < -0.39 is 0 Å². The molecule has 1 aromatic rings. The van der Waals surface area contributed by atoms with Gasteiger partial charge in [0.15, 0.2) is 0 Å². The van der Waals surface area contributed by atoms with Crippen LogP contribution in [0.3, 0.4) is 0 Å². The maximum Gasteiger partial charge on any atom is 0.234 e. The first-order valence-corrected chi connectivity index (χ1v) is 8.33. The predicted octanol–water partition coefficient (Wildman–Crippen LogP) is 1.89. The molecule has 0 aliphatic carbocycles. The van der Waals surface area contributed by atoms with E-state index >= 15 is 0 Å². The van der Waals surface area contributed by atoms with E-state index in [-0.39, 0.29) is 0 Å². The number of nitrogens with one attached hydrogen (secondary N) is 1. The van der Waals surface area contributed by atoms with Crippen molar-refractivity contribution >= 4 is 5.82 Å². The first-order chi connectivity index (χ1) is 11.4. The van der Waals surface area contributed by atoms with Crippen molar-refractivity contribution in [2.24, 2.45) is 0 Å². The second-order valence-electron chi connectivity index (χ2n) is 5.37. The Morgan fingerprint density at radius 2 is 2.00 bits per heavy atom. The molecule has 2 heterocycles. The summed E-state index contributed by atoms with van der Waals surface area (Å²) >= 11 is 0. The maximum absolute atomic E-state index is 5.55. The number of ether oxygens (including phenoxy) is 4. The van der Waals surface area contributed by atoms with Gasteiger partial charge in [-0.1, -0.05) is 6.92 Å². The highest BCUT2D eigenvalue weighted by Crippen LogP contribution is 2.14. The molecule has 23 heavy (non-hydrogen) atoms. The van der Waals surface area contributed by atoms with Crippen LogP contribution in [0.2, 0.25) is 0 Å². The molecule has 2 rings (SSSR count). The molecule has 7 heteroatoms. The molecule has 0 bridgehead atoms. The van der Waals surface area contributed by atoms with Gasteiger partial charge in [-0.15, -0.1) is 0 Å². The molecule has 0 amide bonds. The lowest BCUT2D eigenvalue weighted by Gasteiger charge is -2.23. The molecule has 1 atom stereocenters. The number of aromatic nitrogens is 2. The zero-order valence-corrected chi connectivity index (χ0v) is 13.8. The molecule has 0 radical (unpaired) electrons. The van der Waals surface area contributed by atoms with Gasteiger partial charge in [-0.2, -0.15) is 4.98 Å². The molecule has 1 saturated heterocycles. The van der Waals surface area contributed by atoms with Gasteiger partial charge >= 0.3 is 0 Å². The Bertz CT molecular complexity index is 428. The van der Waals surface area contributed by atoms with E-state index in [9.17, 15) is 0 Å². The van der Waals surface area contributed by atoms with E-state index in [4.69, 9.17) is 18.9 Å². The monoisotopic (exact) mass is 325 g/mol. The Morgan fingerprint density at radius 3 is 2.78 bits per heavy atom. The first-order valence-electron chi connectivity index (χ1n) is 8.33. The fourth-order valence-electron chi connectivity index (χ4n) is 2.22. The molecule has 0 aromatic carbocycles. The molecule has 130 valence electrons. The molecule has 7 nitrogen and oxygen atoms in total. The Kier molecular flexibility index (Phi) is 8.68. The van der Waals surface area contributed by atoms with Gasteiger partial charge in [-0.05, 0) is 19.3 Å². The Labute approximate surface area is 137 Å². The fourth-order valence-corrected chi connectivity index (χ4v) is 2.22. The van der Waals surface area contributed by atoms with Gasteiger partial charge in [0.25, 0.3) is 0 Å². The summed E-state index contributed by atoms with van der Waals surface area (Å²) in [6, 6.07) is 0.291. The first kappa shape index (κ1) is 17.9. The lowest BCUT2D eigenvalue weighted by Crippen LogP contribution is -2.30. The van der Waals surface area contributed by atoms with Crippen LogP contribution >= 0.6 is 0 Å². The largest absolute Gasteiger partial charge is 0.474 e. The summed E-state index contributed by atoms with van der Waals surface area (Å²) < 4.78 is 21.7. The van der Waals surface area contributed by atoms with Crippen LogP contribution in [0.25, 0.3) is 0 Å². The molecule has 1 aliphatic heterocycles. The molecule has 1 aliphatic rings. The van der Waals surface area contributed by atoms with Crippen LogP contribution in [-0.2, 0) is 14.2 Å². The van der Waals surface area contributed by atoms with Crippen LogP contribution < -0.4 is 10.1 Å². The second-order valence-corrected chi connectivity index (χ2v) is 5.37. The lowest BCUT2D eigenvalue weighted by atomic mass is 10.1. The van der Waals surface area contributed by atoms with E-state index in [1.54, 1.807) is 12.4 Å². The fraction of sp³-hybridized carbons (Fsp3) is 0.750. The molecule has 1 N–H and O–H groups in total. The zero-order valence-electron chi connectivity index (χ0n) is 13.8. The van der Waals surface area contributed by atoms with Crippen LogP contribution in [0.5, 0.6) is 5.88 Å². The third-order valence-corrected chi connectivity index (χ3v) is 3.32. The summed E-state index contributed by atoms with van der Waals surface area (Å²) in [5, 5.41) is 3.33. The predicted molar refractivity (Wildman–Crippen MR) is 86.9 cm³/mol. The molecule has 1 aromatic heterocycles. The van der Waals surface area contributed by atoms with Crippen LogP contribution in [0.4, 0.5) is 5.82 Å². The number of hydrogen-bond acceptors (Lipinski definition) is 7. The van der Waals surface area contributed by atoms with Gasteiger partial charge in [-0.25, -0.2) is 0 Å². The second kappa shape index (κ2) is 11.2. The average molecular weight is 325 g/mol. The van der Waals surface area contributed by atoms with E-state index in [1.165, 1.54) is 0 Å². The van der Waals surface area contributed by atoms with E-state index in [0.717, 1.165) is 32.5 Å². The number of anilines is 1. The van der Waals surface area contributed by atoms with Crippen molar-refractivity contribution in [1.82, 2.24) is 9.97 Å².